The molecule has 0 saturated carbocycles. The van der Waals surface area contributed by atoms with Gasteiger partial charge in [0.15, 0.2) is 0 Å². The van der Waals surface area contributed by atoms with Crippen LogP contribution in [0.15, 0.2) is 6.07 Å². The monoisotopic (exact) mass is 405 g/mol. The normalized spacial score (nSPS) is 17.9. The minimum Gasteiger partial charge on any atom is -0.356 e. The Morgan fingerprint density at radius 2 is 1.90 bits per heavy atom. The molecular formula is C22H39N5O2. The van der Waals surface area contributed by atoms with Crippen molar-refractivity contribution >= 4 is 17.8 Å². The van der Waals surface area contributed by atoms with Crippen LogP contribution in [-0.2, 0) is 15.7 Å². The summed E-state index contributed by atoms with van der Waals surface area (Å²) < 4.78 is 1.90. The molecule has 7 heteroatoms. The van der Waals surface area contributed by atoms with Crippen molar-refractivity contribution in [2.75, 3.05) is 25.0 Å². The van der Waals surface area contributed by atoms with E-state index in [0.29, 0.717) is 25.4 Å². The highest BCUT2D eigenvalue weighted by Crippen LogP contribution is 2.28. The van der Waals surface area contributed by atoms with Crippen molar-refractivity contribution in [1.29, 1.82) is 0 Å². The number of aromatic nitrogens is 2. The van der Waals surface area contributed by atoms with Crippen molar-refractivity contribution in [2.24, 2.45) is 5.92 Å². The van der Waals surface area contributed by atoms with Gasteiger partial charge in [0.05, 0.1) is 11.2 Å². The van der Waals surface area contributed by atoms with Crippen LogP contribution in [0.3, 0.4) is 0 Å². The maximum atomic E-state index is 13.0. The lowest BCUT2D eigenvalue weighted by Crippen LogP contribution is -2.45. The summed E-state index contributed by atoms with van der Waals surface area (Å²) in [6, 6.07) is 1.88. The highest BCUT2D eigenvalue weighted by molar-refractivity contribution is 5.88. The number of piperidine rings is 1. The molecule has 1 aliphatic rings. The molecule has 1 aromatic heterocycles. The van der Waals surface area contributed by atoms with Crippen molar-refractivity contribution in [3.8, 4) is 0 Å². The number of urea groups is 1. The number of hydrogen-bond donors (Lipinski definition) is 2. The predicted octanol–water partition coefficient (Wildman–Crippen LogP) is 4.10. The molecule has 1 atom stereocenters. The van der Waals surface area contributed by atoms with E-state index in [2.05, 4.69) is 52.2 Å². The first-order valence-corrected chi connectivity index (χ1v) is 10.9. The second kappa shape index (κ2) is 9.18. The van der Waals surface area contributed by atoms with E-state index in [-0.39, 0.29) is 22.9 Å². The standard InChI is InChI=1S/C22H39N5O2/c1-8-10-19(28)23-14-16-11-9-12-26(15-16)20(29)24-18-13-17(21(2,3)4)25-27(18)22(5,6)7/h13,16H,8-12,14-15H2,1-7H3,(H,23,28)(H,24,29). The largest absolute Gasteiger partial charge is 0.356 e. The molecule has 0 radical (unpaired) electrons. The third-order valence-corrected chi connectivity index (χ3v) is 5.22. The van der Waals surface area contributed by atoms with Crippen molar-refractivity contribution in [3.63, 3.8) is 0 Å². The second-order valence-electron chi connectivity index (χ2n) is 10.2. The average Bonchev–Trinajstić information content (AvgIpc) is 3.05. The molecule has 0 aromatic carbocycles. The summed E-state index contributed by atoms with van der Waals surface area (Å²) >= 11 is 0. The summed E-state index contributed by atoms with van der Waals surface area (Å²) in [5, 5.41) is 10.9. The summed E-state index contributed by atoms with van der Waals surface area (Å²) in [5.74, 6) is 1.12. The number of amides is 3. The summed E-state index contributed by atoms with van der Waals surface area (Å²) in [5.41, 5.74) is 0.626. The Morgan fingerprint density at radius 3 is 2.48 bits per heavy atom. The zero-order valence-electron chi connectivity index (χ0n) is 19.3. The average molecular weight is 406 g/mol. The van der Waals surface area contributed by atoms with E-state index in [1.807, 2.05) is 22.6 Å². The van der Waals surface area contributed by atoms with Gasteiger partial charge in [-0.1, -0.05) is 27.7 Å². The van der Waals surface area contributed by atoms with Crippen LogP contribution in [0.2, 0.25) is 0 Å². The van der Waals surface area contributed by atoms with Gasteiger partial charge in [0.1, 0.15) is 5.82 Å². The van der Waals surface area contributed by atoms with Crippen molar-refractivity contribution in [1.82, 2.24) is 20.0 Å². The number of anilines is 1. The minimum atomic E-state index is -0.236. The number of carbonyl (C=O) groups is 2. The number of nitrogens with zero attached hydrogens (tertiary/aromatic N) is 3. The molecule has 29 heavy (non-hydrogen) atoms. The van der Waals surface area contributed by atoms with E-state index < -0.39 is 0 Å². The maximum absolute atomic E-state index is 13.0. The molecule has 0 spiro atoms. The number of nitrogens with one attached hydrogen (secondary N) is 2. The predicted molar refractivity (Wildman–Crippen MR) is 117 cm³/mol. The summed E-state index contributed by atoms with van der Waals surface area (Å²) in [4.78, 5) is 26.6. The number of rotatable bonds is 5. The van der Waals surface area contributed by atoms with E-state index in [1.165, 1.54) is 0 Å². The first-order chi connectivity index (χ1) is 13.4. The fourth-order valence-electron chi connectivity index (χ4n) is 3.53. The summed E-state index contributed by atoms with van der Waals surface area (Å²) in [6.45, 7) is 16.6. The lowest BCUT2D eigenvalue weighted by Gasteiger charge is -2.33. The zero-order valence-corrected chi connectivity index (χ0v) is 19.3. The molecule has 2 N–H and O–H groups in total. The van der Waals surface area contributed by atoms with Crippen LogP contribution in [0.4, 0.5) is 10.6 Å². The van der Waals surface area contributed by atoms with Crippen LogP contribution < -0.4 is 10.6 Å². The lowest BCUT2D eigenvalue weighted by atomic mass is 9.92. The van der Waals surface area contributed by atoms with E-state index in [4.69, 9.17) is 5.10 Å². The van der Waals surface area contributed by atoms with Gasteiger partial charge in [-0.2, -0.15) is 5.10 Å². The first kappa shape index (κ1) is 23.2. The van der Waals surface area contributed by atoms with E-state index in [9.17, 15) is 9.59 Å². The number of carbonyl (C=O) groups excluding carboxylic acids is 2. The van der Waals surface area contributed by atoms with Crippen LogP contribution >= 0.6 is 0 Å². The van der Waals surface area contributed by atoms with Gasteiger partial charge in [0, 0.05) is 37.5 Å². The second-order valence-corrected chi connectivity index (χ2v) is 10.2. The van der Waals surface area contributed by atoms with Gasteiger partial charge in [-0.15, -0.1) is 0 Å². The maximum Gasteiger partial charge on any atom is 0.323 e. The van der Waals surface area contributed by atoms with Gasteiger partial charge >= 0.3 is 6.03 Å². The quantitative estimate of drug-likeness (QED) is 0.774. The Hall–Kier alpha value is -2.05. The third kappa shape index (κ3) is 6.47. The Morgan fingerprint density at radius 1 is 1.21 bits per heavy atom. The van der Waals surface area contributed by atoms with Crippen LogP contribution in [0, 0.1) is 5.92 Å². The van der Waals surface area contributed by atoms with Crippen LogP contribution in [-0.4, -0.2) is 46.3 Å². The van der Waals surface area contributed by atoms with Gasteiger partial charge < -0.3 is 10.2 Å². The summed E-state index contributed by atoms with van der Waals surface area (Å²) in [7, 11) is 0. The lowest BCUT2D eigenvalue weighted by molar-refractivity contribution is -0.121. The highest BCUT2D eigenvalue weighted by Gasteiger charge is 2.28. The number of hydrogen-bond acceptors (Lipinski definition) is 3. The molecule has 2 rings (SSSR count). The van der Waals surface area contributed by atoms with Crippen molar-refractivity contribution < 1.29 is 9.59 Å². The SMILES string of the molecule is CCCC(=O)NCC1CCCN(C(=O)Nc2cc(C(C)(C)C)nn2C(C)(C)C)C1. The molecule has 3 amide bonds. The minimum absolute atomic E-state index is 0.0944. The zero-order chi connectivity index (χ0) is 21.8. The molecule has 1 fully saturated rings. The molecule has 2 heterocycles. The van der Waals surface area contributed by atoms with E-state index >= 15 is 0 Å². The molecule has 1 unspecified atom stereocenters. The van der Waals surface area contributed by atoms with E-state index in [0.717, 1.165) is 37.3 Å². The first-order valence-electron chi connectivity index (χ1n) is 10.9. The Labute approximate surface area is 175 Å². The van der Waals surface area contributed by atoms with Crippen molar-refractivity contribution in [2.45, 2.75) is 85.1 Å². The third-order valence-electron chi connectivity index (χ3n) is 5.22. The molecule has 164 valence electrons. The fraction of sp³-hybridized carbons (Fsp3) is 0.773. The van der Waals surface area contributed by atoms with Crippen LogP contribution in [0.5, 0.6) is 0 Å². The molecule has 1 aliphatic heterocycles. The molecule has 1 aromatic rings. The molecule has 1 saturated heterocycles. The summed E-state index contributed by atoms with van der Waals surface area (Å²) in [6.07, 6.45) is 3.39. The number of likely N-dealkylation sites (tertiary alicyclic amines) is 1. The topological polar surface area (TPSA) is 79.3 Å². The van der Waals surface area contributed by atoms with Crippen LogP contribution in [0.25, 0.3) is 0 Å². The molecule has 0 aliphatic carbocycles. The highest BCUT2D eigenvalue weighted by atomic mass is 16.2. The Bertz CT molecular complexity index is 712. The van der Waals surface area contributed by atoms with Gasteiger partial charge in [-0.3, -0.25) is 10.1 Å². The molecular weight excluding hydrogens is 366 g/mol. The van der Waals surface area contributed by atoms with Gasteiger partial charge in [-0.25, -0.2) is 9.48 Å². The van der Waals surface area contributed by atoms with Crippen LogP contribution in [0.1, 0.15) is 79.8 Å². The Balaban J connectivity index is 2.05. The van der Waals surface area contributed by atoms with Gasteiger partial charge in [0.2, 0.25) is 5.91 Å². The van der Waals surface area contributed by atoms with E-state index in [1.54, 1.807) is 0 Å². The molecule has 7 nitrogen and oxygen atoms in total. The smallest absolute Gasteiger partial charge is 0.323 e. The van der Waals surface area contributed by atoms with Gasteiger partial charge in [0.25, 0.3) is 0 Å². The van der Waals surface area contributed by atoms with Crippen molar-refractivity contribution in [3.05, 3.63) is 11.8 Å². The Kier molecular flexibility index (Phi) is 7.35. The van der Waals surface area contributed by atoms with Gasteiger partial charge in [-0.05, 0) is 46.0 Å². The fourth-order valence-corrected chi connectivity index (χ4v) is 3.53. The molecule has 0 bridgehead atoms.